The van der Waals surface area contributed by atoms with Gasteiger partial charge in [0.05, 0.1) is 55.4 Å². The lowest BCUT2D eigenvalue weighted by Gasteiger charge is -2.23. The minimum Gasteiger partial charge on any atom is -0.759 e. The summed E-state index contributed by atoms with van der Waals surface area (Å²) in [5.41, 5.74) is 0. The molecule has 0 rings (SSSR count). The molecule has 0 heterocycles. The van der Waals surface area contributed by atoms with Crippen molar-refractivity contribution in [2.24, 2.45) is 0 Å². The number of rotatable bonds is 40. The molecule has 0 spiro atoms. The first kappa shape index (κ1) is 59.0. The Kier molecular flexibility index (Phi) is 48.1. The molecule has 0 aliphatic rings. The van der Waals surface area contributed by atoms with Crippen LogP contribution in [0.25, 0.3) is 0 Å². The lowest BCUT2D eigenvalue weighted by Crippen LogP contribution is -2.40. The fraction of sp³-hybridized carbons (Fsp3) is 1.00. The maximum atomic E-state index is 8.52. The largest absolute Gasteiger partial charge is 0.759 e. The highest BCUT2D eigenvalue weighted by Crippen LogP contribution is 2.15. The Hall–Kier alpha value is -0.290. The Balaban J connectivity index is -0.000000874. The first-order valence-electron chi connectivity index (χ1n) is 23.8. The van der Waals surface area contributed by atoms with Gasteiger partial charge in [0.15, 0.2) is 0 Å². The number of hydrogen-bond acceptors (Lipinski definition) is 6. The van der Waals surface area contributed by atoms with Crippen LogP contribution in [0.4, 0.5) is 0 Å². The van der Waals surface area contributed by atoms with Gasteiger partial charge in [-0.25, -0.2) is 0 Å². The summed E-state index contributed by atoms with van der Waals surface area (Å²) >= 11 is 0. The summed E-state index contributed by atoms with van der Waals surface area (Å²) in [6, 6.07) is 0. The molecule has 0 atom stereocenters. The number of unbranched alkanes of at least 4 members (excludes halogenated alkanes) is 30. The Morgan fingerprint density at radius 2 is 0.491 bits per heavy atom. The normalized spacial score (nSPS) is 12.0. The highest BCUT2D eigenvalue weighted by molar-refractivity contribution is 7.79. The lowest BCUT2D eigenvalue weighted by atomic mass is 10.0. The average molecular weight is 807 g/mol. The van der Waals surface area contributed by atoms with Crippen molar-refractivity contribution in [1.29, 1.82) is 0 Å². The molecular weight excluding hydrogens is 705 g/mol. The Morgan fingerprint density at radius 3 is 0.655 bits per heavy atom. The van der Waals surface area contributed by atoms with E-state index in [0.717, 1.165) is 22.1 Å². The highest BCUT2D eigenvalue weighted by atomic mass is 32.3. The minimum absolute atomic E-state index is 1.06. The van der Waals surface area contributed by atoms with Crippen molar-refractivity contribution >= 4 is 10.4 Å². The Morgan fingerprint density at radius 1 is 0.327 bits per heavy atom. The Bertz CT molecular complexity index is 756. The van der Waals surface area contributed by atoms with Gasteiger partial charge in [0, 0.05) is 23.5 Å². The standard InChI is InChI=1S/2C23H51N2.H2O4S/c2*1-5-6-7-8-9-10-11-12-13-14-15-16-17-18-19-20-21-24-22-23-25(2,3)4;1-5(2,3)4/h2*24H,5-23H2,1-4H3;(H2,1,2,3,4)/q2*+1;/p-2. The SMILES string of the molecule is CCCCCCCCCCCCCCCCCCNCC[N+](C)(C)C.CCCCCCCCCCCCCCCCCCNCC[N+](C)(C)C.O=S(=O)([O-])[O-]. The molecule has 9 heteroatoms. The molecule has 55 heavy (non-hydrogen) atoms. The molecule has 0 aromatic carbocycles. The van der Waals surface area contributed by atoms with E-state index in [1.807, 2.05) is 0 Å². The molecule has 2 N–H and O–H groups in total. The molecule has 0 radical (unpaired) electrons. The monoisotopic (exact) mass is 807 g/mol. The molecule has 0 amide bonds. The minimum atomic E-state index is -5.17. The summed E-state index contributed by atoms with van der Waals surface area (Å²) in [4.78, 5) is 0. The first-order valence-corrected chi connectivity index (χ1v) is 25.1. The van der Waals surface area contributed by atoms with Crippen LogP contribution in [0.5, 0.6) is 0 Å². The van der Waals surface area contributed by atoms with Gasteiger partial charge >= 0.3 is 0 Å². The number of hydrogen-bond donors (Lipinski definition) is 2. The second-order valence-electron chi connectivity index (χ2n) is 18.5. The molecular formula is C46H102N4O4S. The molecule has 0 aliphatic heterocycles. The number of nitrogens with one attached hydrogen (secondary N) is 2. The van der Waals surface area contributed by atoms with Gasteiger partial charge in [0.25, 0.3) is 0 Å². The molecule has 0 fully saturated rings. The third kappa shape index (κ3) is 75.2. The van der Waals surface area contributed by atoms with Gasteiger partial charge in [-0.1, -0.05) is 206 Å². The predicted molar refractivity (Wildman–Crippen MR) is 241 cm³/mol. The third-order valence-electron chi connectivity index (χ3n) is 10.3. The zero-order valence-electron chi connectivity index (χ0n) is 38.8. The van der Waals surface area contributed by atoms with Crippen LogP contribution in [0.2, 0.25) is 0 Å². The summed E-state index contributed by atoms with van der Waals surface area (Å²) in [6.45, 7) is 11.8. The van der Waals surface area contributed by atoms with Crippen LogP contribution < -0.4 is 10.6 Å². The summed E-state index contributed by atoms with van der Waals surface area (Å²) < 4.78 is 36.2. The van der Waals surface area contributed by atoms with E-state index < -0.39 is 10.4 Å². The van der Waals surface area contributed by atoms with Gasteiger partial charge in [-0.3, -0.25) is 8.42 Å². The van der Waals surface area contributed by atoms with E-state index in [0.29, 0.717) is 0 Å². The van der Waals surface area contributed by atoms with Crippen molar-refractivity contribution in [2.75, 3.05) is 81.6 Å². The van der Waals surface area contributed by atoms with Crippen molar-refractivity contribution in [2.45, 2.75) is 219 Å². The molecule has 0 unspecified atom stereocenters. The van der Waals surface area contributed by atoms with Crippen molar-refractivity contribution in [3.8, 4) is 0 Å². The molecule has 8 nitrogen and oxygen atoms in total. The first-order chi connectivity index (χ1) is 26.1. The fourth-order valence-electron chi connectivity index (χ4n) is 6.68. The van der Waals surface area contributed by atoms with Crippen molar-refractivity contribution in [3.05, 3.63) is 0 Å². The topological polar surface area (TPSA) is 104 Å². The van der Waals surface area contributed by atoms with E-state index in [4.69, 9.17) is 17.5 Å². The van der Waals surface area contributed by atoms with Crippen LogP contribution in [0, 0.1) is 0 Å². The van der Waals surface area contributed by atoms with Gasteiger partial charge in [-0.2, -0.15) is 0 Å². The van der Waals surface area contributed by atoms with E-state index in [1.165, 1.54) is 232 Å². The van der Waals surface area contributed by atoms with Crippen LogP contribution >= 0.6 is 0 Å². The second kappa shape index (κ2) is 44.8. The molecule has 336 valence electrons. The third-order valence-corrected chi connectivity index (χ3v) is 10.3. The molecule has 0 aromatic heterocycles. The molecule has 0 saturated carbocycles. The zero-order chi connectivity index (χ0) is 41.8. The molecule has 0 aromatic rings. The van der Waals surface area contributed by atoms with E-state index in [-0.39, 0.29) is 0 Å². The van der Waals surface area contributed by atoms with Gasteiger partial charge in [0.2, 0.25) is 0 Å². The quantitative estimate of drug-likeness (QED) is 0.0277. The predicted octanol–water partition coefficient (Wildman–Crippen LogP) is 11.7. The molecule has 0 bridgehead atoms. The maximum absolute atomic E-state index is 8.52. The number of nitrogens with zero attached hydrogens (tertiary/aromatic N) is 2. The average Bonchev–Trinajstić information content (AvgIpc) is 3.09. The van der Waals surface area contributed by atoms with Crippen LogP contribution in [-0.4, -0.2) is 108 Å². The van der Waals surface area contributed by atoms with E-state index in [1.54, 1.807) is 0 Å². The lowest BCUT2D eigenvalue weighted by molar-refractivity contribution is -0.869. The van der Waals surface area contributed by atoms with Crippen molar-refractivity contribution in [1.82, 2.24) is 10.6 Å². The summed E-state index contributed by atoms with van der Waals surface area (Å²) in [7, 11) is 8.39. The van der Waals surface area contributed by atoms with Crippen molar-refractivity contribution < 1.29 is 26.5 Å². The summed E-state index contributed by atoms with van der Waals surface area (Å²) in [5, 5.41) is 7.15. The summed E-state index contributed by atoms with van der Waals surface area (Å²) in [5.74, 6) is 0. The molecule has 0 aliphatic carbocycles. The number of likely N-dealkylation sites (N-methyl/N-ethyl adjacent to an activating group) is 2. The van der Waals surface area contributed by atoms with Crippen molar-refractivity contribution in [3.63, 3.8) is 0 Å². The summed E-state index contributed by atoms with van der Waals surface area (Å²) in [6.07, 6.45) is 46.4. The van der Waals surface area contributed by atoms with Crippen LogP contribution in [0.3, 0.4) is 0 Å². The highest BCUT2D eigenvalue weighted by Gasteiger charge is 2.05. The van der Waals surface area contributed by atoms with Crippen LogP contribution in [0.15, 0.2) is 0 Å². The smallest absolute Gasteiger partial charge is 0.0907 e. The molecule has 0 saturated heterocycles. The maximum Gasteiger partial charge on any atom is 0.0907 e. The van der Waals surface area contributed by atoms with E-state index >= 15 is 0 Å². The van der Waals surface area contributed by atoms with E-state index in [9.17, 15) is 0 Å². The fourth-order valence-corrected chi connectivity index (χ4v) is 6.68. The van der Waals surface area contributed by atoms with Crippen LogP contribution in [0.1, 0.15) is 219 Å². The van der Waals surface area contributed by atoms with E-state index in [2.05, 4.69) is 66.8 Å². The van der Waals surface area contributed by atoms with Gasteiger partial charge in [-0.05, 0) is 25.9 Å². The van der Waals surface area contributed by atoms with Crippen LogP contribution in [-0.2, 0) is 10.4 Å². The van der Waals surface area contributed by atoms with Gasteiger partial charge in [-0.15, -0.1) is 0 Å². The zero-order valence-corrected chi connectivity index (χ0v) is 39.6. The van der Waals surface area contributed by atoms with Gasteiger partial charge < -0.3 is 28.7 Å². The second-order valence-corrected chi connectivity index (χ2v) is 19.4. The number of quaternary nitrogens is 2. The van der Waals surface area contributed by atoms with Gasteiger partial charge in [0.1, 0.15) is 0 Å². The Labute approximate surface area is 347 Å².